The first-order chi connectivity index (χ1) is 19.6. The number of halogens is 4. The summed E-state index contributed by atoms with van der Waals surface area (Å²) in [5, 5.41) is 0. The van der Waals surface area contributed by atoms with Crippen LogP contribution >= 0.6 is 0 Å². The van der Waals surface area contributed by atoms with Crippen LogP contribution in [-0.4, -0.2) is 13.0 Å². The molecule has 2 aliphatic carbocycles. The number of hydrogen-bond donors (Lipinski definition) is 1. The second-order valence-corrected chi connectivity index (χ2v) is 12.4. The van der Waals surface area contributed by atoms with Crippen LogP contribution in [0.15, 0.2) is 17.0 Å². The zero-order valence-corrected chi connectivity index (χ0v) is 25.5. The second kappa shape index (κ2) is 14.9. The van der Waals surface area contributed by atoms with Crippen LogP contribution in [0.1, 0.15) is 146 Å². The van der Waals surface area contributed by atoms with E-state index in [1.807, 2.05) is 27.7 Å². The number of hydrogen-bond acceptors (Lipinski definition) is 3. The molecule has 0 bridgehead atoms. The summed E-state index contributed by atoms with van der Waals surface area (Å²) in [6.45, 7) is 8.08. The van der Waals surface area contributed by atoms with E-state index in [0.29, 0.717) is 5.92 Å². The Hall–Kier alpha value is -2.13. The van der Waals surface area contributed by atoms with Gasteiger partial charge in [0.05, 0.1) is 0 Å². The van der Waals surface area contributed by atoms with E-state index in [-0.39, 0.29) is 17.6 Å². The average molecular weight is 601 g/mol. The number of rotatable bonds is 9. The van der Waals surface area contributed by atoms with Crippen molar-refractivity contribution in [3.8, 4) is 11.5 Å². The maximum Gasteiger partial charge on any atom is 0.300 e. The normalized spacial score (nSPS) is 17.6. The molecule has 0 amide bonds. The van der Waals surface area contributed by atoms with Crippen LogP contribution in [0.4, 0.5) is 17.6 Å². The predicted molar refractivity (Wildman–Crippen MR) is 154 cm³/mol. The van der Waals surface area contributed by atoms with E-state index >= 15 is 8.78 Å². The van der Waals surface area contributed by atoms with Crippen LogP contribution in [0.2, 0.25) is 0 Å². The van der Waals surface area contributed by atoms with Gasteiger partial charge in [-0.1, -0.05) is 84.8 Å². The van der Waals surface area contributed by atoms with E-state index in [4.69, 9.17) is 4.74 Å². The SMILES string of the molecule is CC.CCCC(CC)c1cc(C2CCCCC2)cc(C2CCCCC2)c1Oc1c(F)c(F)c(S(=O)(=O)O)c(F)c1F. The highest BCUT2D eigenvalue weighted by Crippen LogP contribution is 2.48. The molecule has 0 radical (unpaired) electrons. The van der Waals surface area contributed by atoms with Gasteiger partial charge in [0.15, 0.2) is 16.5 Å². The van der Waals surface area contributed by atoms with Gasteiger partial charge in [0.1, 0.15) is 5.75 Å². The molecule has 4 nitrogen and oxygen atoms in total. The Kier molecular flexibility index (Phi) is 12.1. The smallest absolute Gasteiger partial charge is 0.300 e. The lowest BCUT2D eigenvalue weighted by Gasteiger charge is -2.31. The summed E-state index contributed by atoms with van der Waals surface area (Å²) in [4.78, 5) is -2.07. The van der Waals surface area contributed by atoms with Crippen LogP contribution in [0.5, 0.6) is 11.5 Å². The van der Waals surface area contributed by atoms with Crippen molar-refractivity contribution < 1.29 is 35.3 Å². The highest BCUT2D eigenvalue weighted by molar-refractivity contribution is 7.85. The molecular formula is C32H44F4O4S. The fraction of sp³-hybridized carbons (Fsp3) is 0.625. The summed E-state index contributed by atoms with van der Waals surface area (Å²) in [6, 6.07) is 4.12. The van der Waals surface area contributed by atoms with Crippen molar-refractivity contribution in [3.05, 3.63) is 52.1 Å². The van der Waals surface area contributed by atoms with Gasteiger partial charge in [-0.3, -0.25) is 4.55 Å². The average Bonchev–Trinajstić information content (AvgIpc) is 2.98. The van der Waals surface area contributed by atoms with Gasteiger partial charge in [-0.15, -0.1) is 0 Å². The Morgan fingerprint density at radius 2 is 1.32 bits per heavy atom. The van der Waals surface area contributed by atoms with Gasteiger partial charge in [-0.25, -0.2) is 8.78 Å². The van der Waals surface area contributed by atoms with Gasteiger partial charge in [0.2, 0.25) is 17.4 Å². The van der Waals surface area contributed by atoms with Crippen molar-refractivity contribution in [3.63, 3.8) is 0 Å². The minimum Gasteiger partial charge on any atom is -0.450 e. The van der Waals surface area contributed by atoms with Crippen molar-refractivity contribution in [2.75, 3.05) is 0 Å². The van der Waals surface area contributed by atoms with Crippen LogP contribution in [0, 0.1) is 23.3 Å². The van der Waals surface area contributed by atoms with E-state index in [0.717, 1.165) is 88.2 Å². The molecule has 0 aliphatic heterocycles. The Labute approximate surface area is 242 Å². The minimum absolute atomic E-state index is 0.00575. The molecule has 2 aromatic carbocycles. The maximum atomic E-state index is 15.1. The molecule has 0 heterocycles. The molecule has 0 aromatic heterocycles. The third-order valence-electron chi connectivity index (χ3n) is 8.50. The Bertz CT molecular complexity index is 1230. The summed E-state index contributed by atoms with van der Waals surface area (Å²) in [5.74, 6) is -9.14. The van der Waals surface area contributed by atoms with Gasteiger partial charge >= 0.3 is 10.1 Å². The first-order valence-electron chi connectivity index (χ1n) is 15.3. The molecule has 9 heteroatoms. The van der Waals surface area contributed by atoms with Crippen LogP contribution in [0.25, 0.3) is 0 Å². The molecule has 2 aromatic rings. The molecule has 2 fully saturated rings. The zero-order chi connectivity index (χ0) is 30.3. The second-order valence-electron chi connectivity index (χ2n) is 11.1. The van der Waals surface area contributed by atoms with Crippen LogP contribution in [-0.2, 0) is 10.1 Å². The fourth-order valence-corrected chi connectivity index (χ4v) is 7.08. The summed E-state index contributed by atoms with van der Waals surface area (Å²) in [5.41, 5.74) is 2.73. The molecule has 1 atom stereocenters. The Morgan fingerprint density at radius 1 is 0.805 bits per heavy atom. The molecule has 2 saturated carbocycles. The Balaban J connectivity index is 0.00000226. The van der Waals surface area contributed by atoms with E-state index in [9.17, 15) is 21.8 Å². The topological polar surface area (TPSA) is 63.6 Å². The molecule has 41 heavy (non-hydrogen) atoms. The zero-order valence-electron chi connectivity index (χ0n) is 24.7. The molecule has 2 aliphatic rings. The van der Waals surface area contributed by atoms with Crippen LogP contribution < -0.4 is 4.74 Å². The van der Waals surface area contributed by atoms with Crippen molar-refractivity contribution >= 4 is 10.1 Å². The van der Waals surface area contributed by atoms with E-state index < -0.39 is 44.0 Å². The molecule has 1 N–H and O–H groups in total. The lowest BCUT2D eigenvalue weighted by molar-refractivity contribution is 0.337. The van der Waals surface area contributed by atoms with Crippen LogP contribution in [0.3, 0.4) is 0 Å². The summed E-state index contributed by atoms with van der Waals surface area (Å²) in [6.07, 6.45) is 12.8. The molecule has 0 saturated heterocycles. The van der Waals surface area contributed by atoms with Gasteiger partial charge < -0.3 is 4.74 Å². The largest absolute Gasteiger partial charge is 0.450 e. The predicted octanol–water partition coefficient (Wildman–Crippen LogP) is 10.7. The summed E-state index contributed by atoms with van der Waals surface area (Å²) < 4.78 is 97.6. The van der Waals surface area contributed by atoms with E-state index in [1.165, 1.54) is 12.0 Å². The minimum atomic E-state index is -5.56. The van der Waals surface area contributed by atoms with E-state index in [1.54, 1.807) is 0 Å². The Morgan fingerprint density at radius 3 is 1.78 bits per heavy atom. The molecule has 0 spiro atoms. The van der Waals surface area contributed by atoms with Crippen molar-refractivity contribution in [2.45, 2.75) is 134 Å². The van der Waals surface area contributed by atoms with Gasteiger partial charge in [-0.2, -0.15) is 17.2 Å². The monoisotopic (exact) mass is 600 g/mol. The van der Waals surface area contributed by atoms with Gasteiger partial charge in [0.25, 0.3) is 0 Å². The molecule has 1 unspecified atom stereocenters. The van der Waals surface area contributed by atoms with E-state index in [2.05, 4.69) is 12.1 Å². The summed E-state index contributed by atoms with van der Waals surface area (Å²) in [7, 11) is -5.56. The highest BCUT2D eigenvalue weighted by Gasteiger charge is 2.35. The molecular weight excluding hydrogens is 556 g/mol. The molecule has 230 valence electrons. The first kappa shape index (κ1) is 33.4. The van der Waals surface area contributed by atoms with Crippen molar-refractivity contribution in [1.82, 2.24) is 0 Å². The maximum absolute atomic E-state index is 15.1. The first-order valence-corrected chi connectivity index (χ1v) is 16.7. The standard InChI is InChI=1S/C30H38F4O4S.C2H6/c1-3-11-18(4-2)22-16-21(19-12-7-5-8-13-19)17-23(20-14-9-6-10-15-20)28(22)38-29-24(31)26(33)30(39(35,36)37)27(34)25(29)32;1-2/h16-20H,3-15H2,1-2H3,(H,35,36,37);1-2H3. The lowest BCUT2D eigenvalue weighted by Crippen LogP contribution is -2.15. The third kappa shape index (κ3) is 7.45. The number of benzene rings is 2. The van der Waals surface area contributed by atoms with Crippen molar-refractivity contribution in [1.29, 1.82) is 0 Å². The third-order valence-corrected chi connectivity index (χ3v) is 9.38. The summed E-state index contributed by atoms with van der Waals surface area (Å²) >= 11 is 0. The van der Waals surface area contributed by atoms with Gasteiger partial charge in [0, 0.05) is 0 Å². The lowest BCUT2D eigenvalue weighted by atomic mass is 9.76. The molecule has 4 rings (SSSR count). The fourth-order valence-electron chi connectivity index (χ4n) is 6.45. The van der Waals surface area contributed by atoms with Crippen molar-refractivity contribution in [2.24, 2.45) is 0 Å². The quantitative estimate of drug-likeness (QED) is 0.177. The van der Waals surface area contributed by atoms with Gasteiger partial charge in [-0.05, 0) is 73.0 Å². The highest BCUT2D eigenvalue weighted by atomic mass is 32.2. The number of ether oxygens (including phenoxy) is 1.